The van der Waals surface area contributed by atoms with Crippen LogP contribution >= 0.6 is 23.6 Å². The Morgan fingerprint density at radius 3 is 2.48 bits per heavy atom. The Hall–Kier alpha value is -1.71. The Bertz CT molecular complexity index is 861. The van der Waals surface area contributed by atoms with Gasteiger partial charge in [0, 0.05) is 31.1 Å². The van der Waals surface area contributed by atoms with Crippen LogP contribution in [0.5, 0.6) is 11.5 Å². The number of thiophene rings is 1. The van der Waals surface area contributed by atoms with E-state index in [1.807, 2.05) is 12.1 Å². The van der Waals surface area contributed by atoms with Crippen molar-refractivity contribution in [1.82, 2.24) is 20.2 Å². The highest BCUT2D eigenvalue weighted by Gasteiger charge is 2.18. The number of hydrogen-bond acceptors (Lipinski definition) is 7. The second-order valence-corrected chi connectivity index (χ2v) is 9.19. The lowest BCUT2D eigenvalue weighted by Gasteiger charge is -2.32. The summed E-state index contributed by atoms with van der Waals surface area (Å²) in [5, 5.41) is 2.20. The minimum absolute atomic E-state index is 0.0129. The van der Waals surface area contributed by atoms with Gasteiger partial charge in [0.05, 0.1) is 12.0 Å². The van der Waals surface area contributed by atoms with Gasteiger partial charge in [-0.15, -0.1) is 11.3 Å². The van der Waals surface area contributed by atoms with Gasteiger partial charge in [-0.25, -0.2) is 5.01 Å². The van der Waals surface area contributed by atoms with Gasteiger partial charge in [0.1, 0.15) is 11.2 Å². The molecule has 2 aromatic rings. The topological polar surface area (TPSA) is 40.2 Å². The zero-order valence-electron chi connectivity index (χ0n) is 19.2. The van der Waals surface area contributed by atoms with Gasteiger partial charge in [0.25, 0.3) is 0 Å². The average Bonchev–Trinajstić information content (AvgIpc) is 3.27. The van der Waals surface area contributed by atoms with E-state index >= 15 is 0 Å². The highest BCUT2D eigenvalue weighted by atomic mass is 32.1. The third-order valence-electron chi connectivity index (χ3n) is 5.66. The molecule has 3 rings (SSSR count). The third kappa shape index (κ3) is 6.17. The van der Waals surface area contributed by atoms with Gasteiger partial charge >= 0.3 is 0 Å². The first-order valence-electron chi connectivity index (χ1n) is 10.9. The Kier molecular flexibility index (Phi) is 8.68. The number of ether oxygens (including phenoxy) is 2. The zero-order chi connectivity index (χ0) is 22.4. The number of benzene rings is 1. The molecule has 1 fully saturated rings. The molecule has 0 aliphatic carbocycles. The summed E-state index contributed by atoms with van der Waals surface area (Å²) in [4.78, 5) is 7.58. The van der Waals surface area contributed by atoms with Crippen molar-refractivity contribution in [2.24, 2.45) is 0 Å². The first-order valence-corrected chi connectivity index (χ1v) is 12.1. The first-order chi connectivity index (χ1) is 14.9. The van der Waals surface area contributed by atoms with E-state index in [2.05, 4.69) is 66.3 Å². The smallest absolute Gasteiger partial charge is 0.163 e. The highest BCUT2D eigenvalue weighted by Crippen LogP contribution is 2.36. The molecule has 0 bridgehead atoms. The van der Waals surface area contributed by atoms with E-state index in [0.717, 1.165) is 71.1 Å². The average molecular weight is 463 g/mol. The number of nitrogens with zero attached hydrogens (tertiary/aromatic N) is 3. The molecule has 0 spiro atoms. The van der Waals surface area contributed by atoms with Crippen molar-refractivity contribution in [3.8, 4) is 21.9 Å². The molecule has 1 N–H and O–H groups in total. The molecular formula is C23H34N4O2S2. The van der Waals surface area contributed by atoms with Crippen molar-refractivity contribution < 1.29 is 9.47 Å². The summed E-state index contributed by atoms with van der Waals surface area (Å²) in [5.41, 5.74) is 4.49. The second kappa shape index (κ2) is 11.2. The van der Waals surface area contributed by atoms with Gasteiger partial charge in [-0.05, 0) is 63.0 Å². The lowest BCUT2D eigenvalue weighted by molar-refractivity contribution is 0.0458. The van der Waals surface area contributed by atoms with Crippen LogP contribution in [0.4, 0.5) is 0 Å². The molecule has 1 aromatic carbocycles. The van der Waals surface area contributed by atoms with Gasteiger partial charge in [-0.2, -0.15) is 0 Å². The SMILES string of the molecule is CCN(CC)C(C)Oc1ccc(-c2ccc(C(=S)NN3CCN(C)CC3)s2)cc1OC. The number of hydrogen-bond donors (Lipinski definition) is 1. The summed E-state index contributed by atoms with van der Waals surface area (Å²) >= 11 is 7.34. The molecule has 0 amide bonds. The van der Waals surface area contributed by atoms with Crippen molar-refractivity contribution >= 4 is 28.5 Å². The summed E-state index contributed by atoms with van der Waals surface area (Å²) in [5.74, 6) is 1.50. The van der Waals surface area contributed by atoms with Gasteiger partial charge in [0.15, 0.2) is 11.5 Å². The third-order valence-corrected chi connectivity index (χ3v) is 7.26. The fourth-order valence-electron chi connectivity index (χ4n) is 3.65. The summed E-state index contributed by atoms with van der Waals surface area (Å²) in [7, 11) is 3.83. The Labute approximate surface area is 195 Å². The Balaban J connectivity index is 1.69. The summed E-state index contributed by atoms with van der Waals surface area (Å²) in [6.45, 7) is 12.3. The number of likely N-dealkylation sites (N-methyl/N-ethyl adjacent to an activating group) is 1. The van der Waals surface area contributed by atoms with Crippen LogP contribution in [0.3, 0.4) is 0 Å². The quantitative estimate of drug-likeness (QED) is 0.447. The monoisotopic (exact) mass is 462 g/mol. The van der Waals surface area contributed by atoms with Crippen LogP contribution in [0.25, 0.3) is 10.4 Å². The maximum Gasteiger partial charge on any atom is 0.163 e. The van der Waals surface area contributed by atoms with Gasteiger partial charge in [-0.3, -0.25) is 4.90 Å². The van der Waals surface area contributed by atoms with Gasteiger partial charge in [0.2, 0.25) is 0 Å². The molecule has 1 aromatic heterocycles. The maximum absolute atomic E-state index is 6.17. The molecule has 0 radical (unpaired) electrons. The maximum atomic E-state index is 6.17. The number of methoxy groups -OCH3 is 1. The summed E-state index contributed by atoms with van der Waals surface area (Å²) < 4.78 is 11.8. The van der Waals surface area contributed by atoms with Crippen LogP contribution < -0.4 is 14.9 Å². The molecule has 170 valence electrons. The van der Waals surface area contributed by atoms with E-state index in [4.69, 9.17) is 21.7 Å². The van der Waals surface area contributed by atoms with Crippen LogP contribution in [0, 0.1) is 0 Å². The standard InChI is InChI=1S/C23H34N4O2S2/c1-6-26(7-2)17(3)29-19-9-8-18(16-20(19)28-5)21-10-11-22(31-21)23(30)24-27-14-12-25(4)13-15-27/h8-11,16-17H,6-7,12-15H2,1-5H3,(H,24,30). The van der Waals surface area contributed by atoms with Gasteiger partial charge in [-0.1, -0.05) is 26.1 Å². The lowest BCUT2D eigenvalue weighted by atomic mass is 10.1. The van der Waals surface area contributed by atoms with E-state index in [1.54, 1.807) is 18.4 Å². The molecule has 1 unspecified atom stereocenters. The molecule has 6 nitrogen and oxygen atoms in total. The van der Waals surface area contributed by atoms with E-state index in [-0.39, 0.29) is 6.23 Å². The van der Waals surface area contributed by atoms with Crippen LogP contribution in [-0.4, -0.2) is 79.5 Å². The number of thiocarbonyl (C=S) groups is 1. The molecule has 31 heavy (non-hydrogen) atoms. The molecule has 1 atom stereocenters. The first kappa shape index (κ1) is 23.9. The zero-order valence-corrected chi connectivity index (χ0v) is 20.8. The largest absolute Gasteiger partial charge is 0.493 e. The number of hydrazine groups is 1. The Morgan fingerprint density at radius 2 is 1.84 bits per heavy atom. The fourth-order valence-corrected chi connectivity index (χ4v) is 4.86. The minimum Gasteiger partial charge on any atom is -0.493 e. The van der Waals surface area contributed by atoms with Crippen LogP contribution in [-0.2, 0) is 0 Å². The predicted molar refractivity (Wildman–Crippen MR) is 133 cm³/mol. The molecule has 8 heteroatoms. The number of piperazine rings is 1. The molecule has 0 saturated carbocycles. The Morgan fingerprint density at radius 1 is 1.13 bits per heavy atom. The highest BCUT2D eigenvalue weighted by molar-refractivity contribution is 7.81. The molecule has 1 saturated heterocycles. The molecule has 2 heterocycles. The number of nitrogens with one attached hydrogen (secondary N) is 1. The summed E-state index contributed by atoms with van der Waals surface area (Å²) in [6, 6.07) is 10.3. The predicted octanol–water partition coefficient (Wildman–Crippen LogP) is 3.92. The van der Waals surface area contributed by atoms with Crippen LogP contribution in [0.15, 0.2) is 30.3 Å². The lowest BCUT2D eigenvalue weighted by Crippen LogP contribution is -2.52. The normalized spacial score (nSPS) is 16.3. The van der Waals surface area contributed by atoms with Crippen molar-refractivity contribution in [3.05, 3.63) is 35.2 Å². The fraction of sp³-hybridized carbons (Fsp3) is 0.522. The van der Waals surface area contributed by atoms with Crippen molar-refractivity contribution in [3.63, 3.8) is 0 Å². The van der Waals surface area contributed by atoms with Crippen molar-refractivity contribution in [2.75, 3.05) is 53.4 Å². The van der Waals surface area contributed by atoms with Crippen LogP contribution in [0.2, 0.25) is 0 Å². The van der Waals surface area contributed by atoms with Gasteiger partial charge < -0.3 is 19.8 Å². The van der Waals surface area contributed by atoms with E-state index in [1.165, 1.54) is 0 Å². The molecule has 1 aliphatic heterocycles. The van der Waals surface area contributed by atoms with Crippen molar-refractivity contribution in [1.29, 1.82) is 0 Å². The minimum atomic E-state index is -0.0129. The number of rotatable bonds is 9. The summed E-state index contributed by atoms with van der Waals surface area (Å²) in [6.07, 6.45) is -0.0129. The molecular weight excluding hydrogens is 428 g/mol. The van der Waals surface area contributed by atoms with Crippen LogP contribution in [0.1, 0.15) is 25.6 Å². The second-order valence-electron chi connectivity index (χ2n) is 7.70. The van der Waals surface area contributed by atoms with E-state index in [9.17, 15) is 0 Å². The van der Waals surface area contributed by atoms with E-state index < -0.39 is 0 Å². The van der Waals surface area contributed by atoms with E-state index in [0.29, 0.717) is 0 Å². The molecule has 1 aliphatic rings. The van der Waals surface area contributed by atoms with Crippen molar-refractivity contribution in [2.45, 2.75) is 27.0 Å².